The highest BCUT2D eigenvalue weighted by Gasteiger charge is 2.62. The van der Waals surface area contributed by atoms with Crippen molar-refractivity contribution in [2.75, 3.05) is 0 Å². The molecule has 0 aromatic rings. The van der Waals surface area contributed by atoms with E-state index in [0.29, 0.717) is 66.5 Å². The van der Waals surface area contributed by atoms with Crippen LogP contribution in [0, 0.1) is 0 Å². The van der Waals surface area contributed by atoms with E-state index in [1.54, 1.807) is 0 Å². The Morgan fingerprint density at radius 1 is 0.159 bits per heavy atom. The molecule has 0 radical (unpaired) electrons. The fourth-order valence-electron chi connectivity index (χ4n) is 11.3. The molecule has 1 aliphatic rings. The molecule has 0 aliphatic carbocycles. The van der Waals surface area contributed by atoms with Gasteiger partial charge in [0.05, 0.1) is 0 Å². The van der Waals surface area contributed by atoms with Crippen molar-refractivity contribution in [3.63, 3.8) is 0 Å². The molecule has 0 spiro atoms. The molecule has 11 nitrogen and oxygen atoms in total. The predicted octanol–water partition coefficient (Wildman–Crippen LogP) is 21.8. The van der Waals surface area contributed by atoms with Crippen molar-refractivity contribution in [1.82, 2.24) is 0 Å². The zero-order valence-corrected chi connectivity index (χ0v) is 69.5. The quantitative estimate of drug-likeness (QED) is 0.0545. The summed E-state index contributed by atoms with van der Waals surface area (Å²) in [6.07, 6.45) is 19.1. The standard InChI is InChI=1S/C66H132O11Si11/c1-23-45-56-78(34-12)67-79(35-13,57-46-24-2)69-81(37-15,59-48-26-4)71-83(39-17,61-50-28-6)73-85(41-19,63-52-30-8)75-87(43-21,65-54-32-10)77-88(44-22,66-55-33-11)76-86(42-20,64-53-31-9)74-84(40-18,62-51-29-7)72-82(38-16,60-49-27-5)70-80(36-14,68-78)58-47-25-3/h34-44H,12-33,45-66H2,1-11H3. The van der Waals surface area contributed by atoms with Gasteiger partial charge in [0.25, 0.3) is 0 Å². The van der Waals surface area contributed by atoms with Gasteiger partial charge >= 0.3 is 94.2 Å². The molecule has 22 heteroatoms. The largest absolute Gasteiger partial charge is 0.409 e. The molecule has 88 heavy (non-hydrogen) atoms. The van der Waals surface area contributed by atoms with E-state index in [4.69, 9.17) is 45.3 Å². The van der Waals surface area contributed by atoms with Crippen molar-refractivity contribution in [1.29, 1.82) is 0 Å². The van der Waals surface area contributed by atoms with E-state index >= 15 is 0 Å². The van der Waals surface area contributed by atoms with Crippen LogP contribution in [0.4, 0.5) is 0 Å². The number of hydrogen-bond donors (Lipinski definition) is 0. The van der Waals surface area contributed by atoms with Crippen LogP contribution in [0.3, 0.4) is 0 Å². The van der Waals surface area contributed by atoms with Crippen molar-refractivity contribution in [3.05, 3.63) is 135 Å². The van der Waals surface area contributed by atoms with Gasteiger partial charge in [0.2, 0.25) is 0 Å². The molecule has 0 saturated carbocycles. The van der Waals surface area contributed by atoms with Crippen LogP contribution in [0.25, 0.3) is 0 Å². The van der Waals surface area contributed by atoms with Gasteiger partial charge in [0.1, 0.15) is 0 Å². The topological polar surface area (TPSA) is 102 Å². The third kappa shape index (κ3) is 25.7. The molecule has 1 rings (SSSR count). The molecule has 0 atom stereocenters. The van der Waals surface area contributed by atoms with Gasteiger partial charge in [-0.05, 0) is 66.5 Å². The van der Waals surface area contributed by atoms with E-state index in [-0.39, 0.29) is 0 Å². The summed E-state index contributed by atoms with van der Waals surface area (Å²) >= 11 is 0. The second-order valence-electron chi connectivity index (χ2n) is 24.4. The molecule has 0 amide bonds. The van der Waals surface area contributed by atoms with Gasteiger partial charge in [-0.2, -0.15) is 0 Å². The maximum Gasteiger partial charge on any atom is 0.347 e. The third-order valence-electron chi connectivity index (χ3n) is 16.9. The SMILES string of the molecule is C=C[Si]1(CCCC)O[Si](C=C)(CCCC)O[Si](C=C)(CCCC)O[Si](C=C)(CCCC)O[Si](C=C)(CCCC)O[Si](C=C)(CCCC)O[Si](C=C)(CCCC)O[Si](C=C)(CCCC)O[Si](C=C)(CCCC)O[Si](C=C)(CCCC)O[Si](C=C)(CCCC)O1. The third-order valence-corrected chi connectivity index (χ3v) is 65.7. The first-order valence-corrected chi connectivity index (χ1v) is 57.9. The molecule has 1 fully saturated rings. The van der Waals surface area contributed by atoms with Crippen molar-refractivity contribution >= 4 is 94.2 Å². The van der Waals surface area contributed by atoms with E-state index < -0.39 is 94.2 Å². The van der Waals surface area contributed by atoms with Crippen molar-refractivity contribution < 1.29 is 45.3 Å². The lowest BCUT2D eigenvalue weighted by molar-refractivity contribution is 0.236. The van der Waals surface area contributed by atoms with Gasteiger partial charge < -0.3 is 45.3 Å². The Kier molecular flexibility index (Phi) is 41.8. The summed E-state index contributed by atoms with van der Waals surface area (Å²) in [6, 6.07) is 6.75. The molecular formula is C66H132O11Si11. The van der Waals surface area contributed by atoms with E-state index in [2.05, 4.69) is 149 Å². The summed E-state index contributed by atoms with van der Waals surface area (Å²) in [6.45, 7) is 75.7. The Hall–Kier alpha value is -0.914. The highest BCUT2D eigenvalue weighted by Crippen LogP contribution is 2.44. The molecule has 1 aliphatic heterocycles. The van der Waals surface area contributed by atoms with Crippen LogP contribution < -0.4 is 0 Å². The second-order valence-corrected chi connectivity index (χ2v) is 61.3. The Morgan fingerprint density at radius 2 is 0.227 bits per heavy atom. The summed E-state index contributed by atoms with van der Waals surface area (Å²) in [5.41, 5.74) is 21.9. The lowest BCUT2D eigenvalue weighted by Gasteiger charge is -2.50. The van der Waals surface area contributed by atoms with E-state index in [9.17, 15) is 0 Å². The average molecular weight is 1410 g/mol. The summed E-state index contributed by atoms with van der Waals surface area (Å²) in [7, 11) is -40.2. The highest BCUT2D eigenvalue weighted by molar-refractivity contribution is 7.01. The zero-order chi connectivity index (χ0) is 66.4. The first kappa shape index (κ1) is 85.1. The van der Waals surface area contributed by atoms with Crippen LogP contribution in [0.2, 0.25) is 66.5 Å². The first-order valence-electron chi connectivity index (χ1n) is 34.8. The Bertz CT molecular complexity index is 1580. The van der Waals surface area contributed by atoms with Gasteiger partial charge in [-0.25, -0.2) is 0 Å². The van der Waals surface area contributed by atoms with E-state index in [0.717, 1.165) is 141 Å². The molecule has 506 valence electrons. The van der Waals surface area contributed by atoms with Crippen molar-refractivity contribution in [2.24, 2.45) is 0 Å². The smallest absolute Gasteiger partial charge is 0.347 e. The van der Waals surface area contributed by atoms with Crippen LogP contribution in [0.5, 0.6) is 0 Å². The van der Waals surface area contributed by atoms with Crippen molar-refractivity contribution in [3.8, 4) is 0 Å². The van der Waals surface area contributed by atoms with Gasteiger partial charge in [-0.15, -0.1) is 72.4 Å². The minimum atomic E-state index is -3.65. The Balaban J connectivity index is 5.48. The molecule has 1 saturated heterocycles. The van der Waals surface area contributed by atoms with Gasteiger partial charge in [-0.1, -0.05) is 280 Å². The van der Waals surface area contributed by atoms with Gasteiger partial charge in [0.15, 0.2) is 0 Å². The number of unbranched alkanes of at least 4 members (excludes halogenated alkanes) is 11. The van der Waals surface area contributed by atoms with Crippen LogP contribution in [-0.2, 0) is 45.3 Å². The monoisotopic (exact) mass is 1410 g/mol. The van der Waals surface area contributed by atoms with Gasteiger partial charge in [0, 0.05) is 0 Å². The average Bonchev–Trinajstić information content (AvgIpc) is 1.49. The van der Waals surface area contributed by atoms with Crippen LogP contribution in [-0.4, -0.2) is 94.2 Å². The molecule has 1 heterocycles. The second kappa shape index (κ2) is 43.2. The lowest BCUT2D eigenvalue weighted by atomic mass is 10.4. The lowest BCUT2D eigenvalue weighted by Crippen LogP contribution is -2.68. The molecule has 0 aromatic heterocycles. The maximum absolute atomic E-state index is 8.12. The van der Waals surface area contributed by atoms with Crippen LogP contribution in [0.15, 0.2) is 135 Å². The minimum Gasteiger partial charge on any atom is -0.409 e. The fourth-order valence-corrected chi connectivity index (χ4v) is 70.8. The summed E-state index contributed by atoms with van der Waals surface area (Å²) < 4.78 is 89.4. The highest BCUT2D eigenvalue weighted by atomic mass is 28.5. The minimum absolute atomic E-state index is 0.614. The Labute approximate surface area is 554 Å². The maximum atomic E-state index is 8.12. The predicted molar refractivity (Wildman–Crippen MR) is 404 cm³/mol. The Morgan fingerprint density at radius 3 is 0.273 bits per heavy atom. The molecular weight excluding hydrogens is 1280 g/mol. The van der Waals surface area contributed by atoms with Crippen LogP contribution >= 0.6 is 0 Å². The van der Waals surface area contributed by atoms with Gasteiger partial charge in [-0.3, -0.25) is 0 Å². The fraction of sp³-hybridized carbons (Fsp3) is 0.667. The summed E-state index contributed by atoms with van der Waals surface area (Å²) in [5, 5.41) is 0. The zero-order valence-electron chi connectivity index (χ0n) is 58.5. The normalized spacial score (nSPS) is 33.1. The molecule has 0 aromatic carbocycles. The van der Waals surface area contributed by atoms with E-state index in [1.165, 1.54) is 0 Å². The van der Waals surface area contributed by atoms with E-state index in [1.807, 2.05) is 62.7 Å². The molecule has 0 N–H and O–H groups in total. The summed E-state index contributed by atoms with van der Waals surface area (Å²) in [5.74, 6) is 0. The number of hydrogen-bond acceptors (Lipinski definition) is 11. The molecule has 0 bridgehead atoms. The first-order chi connectivity index (χ1) is 42.1. The van der Waals surface area contributed by atoms with Crippen molar-refractivity contribution in [2.45, 2.75) is 284 Å². The van der Waals surface area contributed by atoms with Crippen LogP contribution in [0.1, 0.15) is 217 Å². The molecule has 0 unspecified atom stereocenters. The number of rotatable bonds is 44. The summed E-state index contributed by atoms with van der Waals surface area (Å²) in [4.78, 5) is 0.